The zero-order valence-corrected chi connectivity index (χ0v) is 11.7. The number of aromatic nitrogens is 1. The fourth-order valence-electron chi connectivity index (χ4n) is 1.82. The van der Waals surface area contributed by atoms with Gasteiger partial charge in [-0.3, -0.25) is 0 Å². The molecule has 0 aliphatic rings. The van der Waals surface area contributed by atoms with Crippen LogP contribution >= 0.6 is 27.5 Å². The van der Waals surface area contributed by atoms with Crippen LogP contribution < -0.4 is 5.32 Å². The molecule has 2 rings (SSSR count). The van der Waals surface area contributed by atoms with E-state index in [-0.39, 0.29) is 0 Å². The summed E-state index contributed by atoms with van der Waals surface area (Å²) in [6.07, 6.45) is 0.975. The summed E-state index contributed by atoms with van der Waals surface area (Å²) < 4.78 is 1.15. The number of likely N-dealkylation sites (N-methyl/N-ethyl adjacent to an activating group) is 1. The Hall–Kier alpha value is -0.510. The second-order valence-corrected chi connectivity index (χ2v) is 5.07. The summed E-state index contributed by atoms with van der Waals surface area (Å²) in [5.74, 6) is 0. The first-order valence-electron chi connectivity index (χ1n) is 5.25. The molecule has 0 atom stereocenters. The number of aryl methyl sites for hydroxylation is 1. The van der Waals surface area contributed by atoms with E-state index in [1.807, 2.05) is 26.1 Å². The van der Waals surface area contributed by atoms with Crippen molar-refractivity contribution in [2.24, 2.45) is 0 Å². The minimum Gasteiger partial charge on any atom is -0.357 e. The molecule has 0 saturated carbocycles. The Morgan fingerprint density at radius 1 is 1.44 bits per heavy atom. The predicted molar refractivity (Wildman–Crippen MR) is 73.4 cm³/mol. The molecule has 2 aromatic rings. The van der Waals surface area contributed by atoms with Crippen LogP contribution in [0.1, 0.15) is 11.3 Å². The molecule has 0 bridgehead atoms. The Labute approximate surface area is 109 Å². The number of hydrogen-bond acceptors (Lipinski definition) is 1. The molecule has 1 aromatic heterocycles. The number of halogens is 2. The van der Waals surface area contributed by atoms with Crippen LogP contribution in [0.5, 0.6) is 0 Å². The van der Waals surface area contributed by atoms with Gasteiger partial charge in [-0.2, -0.15) is 0 Å². The highest BCUT2D eigenvalue weighted by atomic mass is 79.9. The zero-order valence-electron chi connectivity index (χ0n) is 9.32. The second kappa shape index (κ2) is 4.78. The Morgan fingerprint density at radius 3 is 2.88 bits per heavy atom. The van der Waals surface area contributed by atoms with Gasteiger partial charge >= 0.3 is 0 Å². The van der Waals surface area contributed by atoms with Gasteiger partial charge in [0.2, 0.25) is 0 Å². The average Bonchev–Trinajstić information content (AvgIpc) is 2.59. The Bertz CT molecular complexity index is 519. The lowest BCUT2D eigenvalue weighted by molar-refractivity contribution is 0.779. The van der Waals surface area contributed by atoms with Crippen LogP contribution in [0.2, 0.25) is 5.02 Å². The lowest BCUT2D eigenvalue weighted by Crippen LogP contribution is -2.10. The third-order valence-corrected chi connectivity index (χ3v) is 4.12. The molecule has 0 radical (unpaired) electrons. The number of fused-ring (bicyclic) bond motifs is 1. The topological polar surface area (TPSA) is 27.8 Å². The van der Waals surface area contributed by atoms with Crippen molar-refractivity contribution >= 4 is 38.4 Å². The monoisotopic (exact) mass is 300 g/mol. The minimum atomic E-state index is 0.807. The van der Waals surface area contributed by atoms with Crippen molar-refractivity contribution in [1.29, 1.82) is 0 Å². The highest BCUT2D eigenvalue weighted by Gasteiger charge is 2.11. The highest BCUT2D eigenvalue weighted by Crippen LogP contribution is 2.32. The smallest absolute Gasteiger partial charge is 0.0512 e. The van der Waals surface area contributed by atoms with Crippen molar-refractivity contribution < 1.29 is 0 Å². The number of nitrogens with one attached hydrogen (secondary N) is 2. The summed E-state index contributed by atoms with van der Waals surface area (Å²) in [5, 5.41) is 5.16. The Balaban J connectivity index is 2.54. The van der Waals surface area contributed by atoms with Crippen molar-refractivity contribution in [3.63, 3.8) is 0 Å². The molecule has 86 valence electrons. The van der Waals surface area contributed by atoms with Crippen LogP contribution in [-0.4, -0.2) is 18.6 Å². The molecule has 0 spiro atoms. The molecule has 1 heterocycles. The Kier molecular flexibility index (Phi) is 3.57. The number of aromatic amines is 1. The molecular weight excluding hydrogens is 288 g/mol. The summed E-state index contributed by atoms with van der Waals surface area (Å²) in [4.78, 5) is 3.44. The second-order valence-electron chi connectivity index (χ2n) is 3.87. The fourth-order valence-corrected chi connectivity index (χ4v) is 2.61. The van der Waals surface area contributed by atoms with E-state index in [2.05, 4.69) is 26.2 Å². The third kappa shape index (κ3) is 1.99. The minimum absolute atomic E-state index is 0.807. The van der Waals surface area contributed by atoms with Crippen molar-refractivity contribution in [3.8, 4) is 0 Å². The molecule has 4 heteroatoms. The van der Waals surface area contributed by atoms with Gasteiger partial charge < -0.3 is 10.3 Å². The molecule has 0 saturated heterocycles. The van der Waals surface area contributed by atoms with E-state index in [9.17, 15) is 0 Å². The highest BCUT2D eigenvalue weighted by molar-refractivity contribution is 9.10. The van der Waals surface area contributed by atoms with Gasteiger partial charge in [0.25, 0.3) is 0 Å². The maximum atomic E-state index is 6.11. The molecule has 2 N–H and O–H groups in total. The maximum Gasteiger partial charge on any atom is 0.0512 e. The molecular formula is C12H14BrClN2. The number of benzene rings is 1. The van der Waals surface area contributed by atoms with Gasteiger partial charge in [-0.25, -0.2) is 0 Å². The van der Waals surface area contributed by atoms with Crippen molar-refractivity contribution in [2.45, 2.75) is 13.3 Å². The van der Waals surface area contributed by atoms with E-state index in [0.29, 0.717) is 0 Å². The van der Waals surface area contributed by atoms with Crippen LogP contribution in [0.25, 0.3) is 10.9 Å². The Morgan fingerprint density at radius 2 is 2.19 bits per heavy atom. The van der Waals surface area contributed by atoms with Crippen LogP contribution in [0, 0.1) is 6.92 Å². The predicted octanol–water partition coefficient (Wildman–Crippen LogP) is 3.65. The van der Waals surface area contributed by atoms with Gasteiger partial charge in [-0.05, 0) is 41.5 Å². The van der Waals surface area contributed by atoms with Gasteiger partial charge in [-0.15, -0.1) is 0 Å². The lowest BCUT2D eigenvalue weighted by Gasteiger charge is -1.98. The molecule has 0 aliphatic carbocycles. The molecule has 2 nitrogen and oxygen atoms in total. The van der Waals surface area contributed by atoms with E-state index in [1.54, 1.807) is 0 Å². The van der Waals surface area contributed by atoms with E-state index < -0.39 is 0 Å². The van der Waals surface area contributed by atoms with E-state index >= 15 is 0 Å². The summed E-state index contributed by atoms with van der Waals surface area (Å²) in [7, 11) is 1.96. The normalized spacial score (nSPS) is 11.2. The molecule has 1 aromatic carbocycles. The van der Waals surface area contributed by atoms with Crippen molar-refractivity contribution in [1.82, 2.24) is 10.3 Å². The summed E-state index contributed by atoms with van der Waals surface area (Å²) >= 11 is 9.74. The molecule has 0 fully saturated rings. The number of H-pyrrole nitrogens is 1. The van der Waals surface area contributed by atoms with Gasteiger partial charge in [0.1, 0.15) is 0 Å². The van der Waals surface area contributed by atoms with Gasteiger partial charge in [0, 0.05) is 33.5 Å². The van der Waals surface area contributed by atoms with Crippen LogP contribution in [0.3, 0.4) is 0 Å². The first-order valence-corrected chi connectivity index (χ1v) is 6.42. The first-order chi connectivity index (χ1) is 7.65. The maximum absolute atomic E-state index is 6.11. The quantitative estimate of drug-likeness (QED) is 0.890. The average molecular weight is 302 g/mol. The zero-order chi connectivity index (χ0) is 11.7. The first kappa shape index (κ1) is 12.0. The SMILES string of the molecule is CNCCc1[nH]c2c(C)c(Cl)ccc2c1Br. The van der Waals surface area contributed by atoms with Crippen molar-refractivity contribution in [2.75, 3.05) is 13.6 Å². The molecule has 16 heavy (non-hydrogen) atoms. The van der Waals surface area contributed by atoms with Crippen LogP contribution in [0.15, 0.2) is 16.6 Å². The van der Waals surface area contributed by atoms with Crippen molar-refractivity contribution in [3.05, 3.63) is 32.9 Å². The lowest BCUT2D eigenvalue weighted by atomic mass is 10.1. The molecule has 0 aliphatic heterocycles. The van der Waals surface area contributed by atoms with E-state index in [4.69, 9.17) is 11.6 Å². The number of hydrogen-bond donors (Lipinski definition) is 2. The summed E-state index contributed by atoms with van der Waals surface area (Å²) in [6.45, 7) is 2.99. The van der Waals surface area contributed by atoms with Crippen LogP contribution in [-0.2, 0) is 6.42 Å². The fraction of sp³-hybridized carbons (Fsp3) is 0.333. The largest absolute Gasteiger partial charge is 0.357 e. The standard InChI is InChI=1S/C12H14BrClN2/c1-7-9(14)4-3-8-11(13)10(5-6-15-2)16-12(7)8/h3-4,15-16H,5-6H2,1-2H3. The summed E-state index contributed by atoms with van der Waals surface area (Å²) in [5.41, 5.74) is 3.45. The van der Waals surface area contributed by atoms with Gasteiger partial charge in [0.15, 0.2) is 0 Å². The number of rotatable bonds is 3. The van der Waals surface area contributed by atoms with E-state index in [1.165, 1.54) is 11.1 Å². The van der Waals surface area contributed by atoms with E-state index in [0.717, 1.165) is 33.5 Å². The van der Waals surface area contributed by atoms with Gasteiger partial charge in [0.05, 0.1) is 5.52 Å². The van der Waals surface area contributed by atoms with Crippen LogP contribution in [0.4, 0.5) is 0 Å². The molecule has 0 amide bonds. The third-order valence-electron chi connectivity index (χ3n) is 2.80. The molecule has 0 unspecified atom stereocenters. The van der Waals surface area contributed by atoms with Gasteiger partial charge in [-0.1, -0.05) is 17.7 Å². The summed E-state index contributed by atoms with van der Waals surface area (Å²) in [6, 6.07) is 3.99.